The lowest BCUT2D eigenvalue weighted by Crippen LogP contribution is -2.43. The van der Waals surface area contributed by atoms with Crippen LogP contribution in [0.5, 0.6) is 0 Å². The molecule has 1 aliphatic rings. The zero-order valence-electron chi connectivity index (χ0n) is 14.8. The summed E-state index contributed by atoms with van der Waals surface area (Å²) in [4.78, 5) is 20.4. The number of hydrogen-bond acceptors (Lipinski definition) is 6. The van der Waals surface area contributed by atoms with E-state index in [-0.39, 0.29) is 22.5 Å². The van der Waals surface area contributed by atoms with Gasteiger partial charge in [0, 0.05) is 39.0 Å². The molecule has 0 radical (unpaired) electrons. The van der Waals surface area contributed by atoms with E-state index in [4.69, 9.17) is 4.42 Å². The molecule has 1 fully saturated rings. The lowest BCUT2D eigenvalue weighted by atomic mass is 10.00. The van der Waals surface area contributed by atoms with Crippen LogP contribution in [-0.2, 0) is 10.0 Å². The van der Waals surface area contributed by atoms with Gasteiger partial charge < -0.3 is 9.73 Å². The maximum absolute atomic E-state index is 12.7. The molecule has 3 rings (SSSR count). The van der Waals surface area contributed by atoms with Gasteiger partial charge in [-0.15, -0.1) is 0 Å². The molecule has 1 atom stereocenters. The summed E-state index contributed by atoms with van der Waals surface area (Å²) in [7, 11) is -3.56. The minimum atomic E-state index is -3.56. The van der Waals surface area contributed by atoms with E-state index in [2.05, 4.69) is 15.3 Å². The second-order valence-corrected chi connectivity index (χ2v) is 8.36. The fraction of sp³-hybridized carbons (Fsp3) is 0.471. The summed E-state index contributed by atoms with van der Waals surface area (Å²) in [5.74, 6) is 0.371. The quantitative estimate of drug-likeness (QED) is 0.846. The van der Waals surface area contributed by atoms with Crippen LogP contribution in [0.25, 0.3) is 0 Å². The molecule has 3 heterocycles. The van der Waals surface area contributed by atoms with Crippen molar-refractivity contribution in [3.05, 3.63) is 41.9 Å². The largest absolute Gasteiger partial charge is 0.436 e. The Morgan fingerprint density at radius 2 is 2.23 bits per heavy atom. The first kappa shape index (κ1) is 18.5. The summed E-state index contributed by atoms with van der Waals surface area (Å²) in [6, 6.07) is 3.15. The van der Waals surface area contributed by atoms with Gasteiger partial charge in [0.2, 0.25) is 15.8 Å². The smallest absolute Gasteiger partial charge is 0.289 e. The summed E-state index contributed by atoms with van der Waals surface area (Å²) in [5.41, 5.74) is 0.546. The van der Waals surface area contributed by atoms with Crippen LogP contribution in [0.3, 0.4) is 0 Å². The zero-order valence-corrected chi connectivity index (χ0v) is 15.6. The predicted molar refractivity (Wildman–Crippen MR) is 94.0 cm³/mol. The molecule has 26 heavy (non-hydrogen) atoms. The number of carbonyl (C=O) groups is 1. The molecule has 1 amide bonds. The summed E-state index contributed by atoms with van der Waals surface area (Å²) in [5, 5.41) is 2.83. The third-order valence-electron chi connectivity index (χ3n) is 4.41. The number of carbonyl (C=O) groups excluding carboxylic acids is 1. The predicted octanol–water partition coefficient (Wildman–Crippen LogP) is 1.52. The maximum atomic E-state index is 12.7. The Labute approximate surface area is 152 Å². The second kappa shape index (κ2) is 7.55. The highest BCUT2D eigenvalue weighted by molar-refractivity contribution is 7.89. The Morgan fingerprint density at radius 3 is 2.88 bits per heavy atom. The van der Waals surface area contributed by atoms with Crippen molar-refractivity contribution in [3.63, 3.8) is 0 Å². The highest BCUT2D eigenvalue weighted by Crippen LogP contribution is 2.23. The number of piperidine rings is 1. The number of amides is 1. The summed E-state index contributed by atoms with van der Waals surface area (Å²) in [6.07, 6.45) is 4.50. The molecule has 1 saturated heterocycles. The fourth-order valence-corrected chi connectivity index (χ4v) is 4.64. The van der Waals surface area contributed by atoms with Crippen LogP contribution in [0.15, 0.2) is 33.8 Å². The number of aromatic nitrogens is 2. The molecule has 9 heteroatoms. The average Bonchev–Trinajstić information content (AvgIpc) is 2.99. The monoisotopic (exact) mass is 378 g/mol. The van der Waals surface area contributed by atoms with Crippen molar-refractivity contribution in [1.29, 1.82) is 0 Å². The van der Waals surface area contributed by atoms with Gasteiger partial charge in [0.05, 0.1) is 5.69 Å². The summed E-state index contributed by atoms with van der Waals surface area (Å²) in [6.45, 7) is 4.63. The van der Waals surface area contributed by atoms with E-state index in [0.717, 1.165) is 12.8 Å². The lowest BCUT2D eigenvalue weighted by molar-refractivity contribution is 0.0911. The number of rotatable bonds is 5. The first-order valence-electron chi connectivity index (χ1n) is 8.50. The van der Waals surface area contributed by atoms with E-state index >= 15 is 0 Å². The van der Waals surface area contributed by atoms with Gasteiger partial charge in [0.1, 0.15) is 4.90 Å². The van der Waals surface area contributed by atoms with Gasteiger partial charge in [-0.2, -0.15) is 4.31 Å². The molecule has 0 spiro atoms. The van der Waals surface area contributed by atoms with Gasteiger partial charge in [-0.1, -0.05) is 0 Å². The topological polar surface area (TPSA) is 105 Å². The number of sulfonamides is 1. The molecule has 2 aromatic heterocycles. The van der Waals surface area contributed by atoms with E-state index in [1.165, 1.54) is 10.5 Å². The van der Waals surface area contributed by atoms with Gasteiger partial charge in [-0.3, -0.25) is 9.78 Å². The van der Waals surface area contributed by atoms with Gasteiger partial charge >= 0.3 is 0 Å². The zero-order chi connectivity index (χ0) is 18.7. The van der Waals surface area contributed by atoms with E-state index in [1.54, 1.807) is 32.2 Å². The number of pyridine rings is 1. The van der Waals surface area contributed by atoms with E-state index < -0.39 is 10.0 Å². The van der Waals surface area contributed by atoms with Gasteiger partial charge in [-0.05, 0) is 37.8 Å². The van der Waals surface area contributed by atoms with Crippen LogP contribution in [0, 0.1) is 19.8 Å². The SMILES string of the molecule is Cc1nc(C)c(C(=O)NCC2CCCN(S(=O)(=O)c3cccnc3)C2)o1. The van der Waals surface area contributed by atoms with Gasteiger partial charge in [0.25, 0.3) is 5.91 Å². The Morgan fingerprint density at radius 1 is 1.42 bits per heavy atom. The number of oxazole rings is 1. The second-order valence-electron chi connectivity index (χ2n) is 6.42. The Hall–Kier alpha value is -2.26. The minimum Gasteiger partial charge on any atom is -0.436 e. The molecule has 1 N–H and O–H groups in total. The van der Waals surface area contributed by atoms with Crippen LogP contribution in [-0.4, -0.2) is 48.2 Å². The Balaban J connectivity index is 1.62. The first-order valence-corrected chi connectivity index (χ1v) is 9.94. The first-order chi connectivity index (χ1) is 12.4. The van der Waals surface area contributed by atoms with Crippen molar-refractivity contribution in [2.45, 2.75) is 31.6 Å². The van der Waals surface area contributed by atoms with Crippen molar-refractivity contribution in [1.82, 2.24) is 19.6 Å². The molecule has 1 aliphatic heterocycles. The minimum absolute atomic E-state index is 0.0449. The highest BCUT2D eigenvalue weighted by Gasteiger charge is 2.30. The summed E-state index contributed by atoms with van der Waals surface area (Å²) < 4.78 is 32.2. The molecule has 0 aliphatic carbocycles. The highest BCUT2D eigenvalue weighted by atomic mass is 32.2. The molecule has 1 unspecified atom stereocenters. The van der Waals surface area contributed by atoms with E-state index in [1.807, 2.05) is 0 Å². The van der Waals surface area contributed by atoms with E-state index in [9.17, 15) is 13.2 Å². The third kappa shape index (κ3) is 3.94. The Bertz CT molecular complexity index is 879. The normalized spacial score (nSPS) is 18.6. The van der Waals surface area contributed by atoms with Crippen molar-refractivity contribution < 1.29 is 17.6 Å². The number of nitrogens with zero attached hydrogens (tertiary/aromatic N) is 3. The fourth-order valence-electron chi connectivity index (χ4n) is 3.12. The van der Waals surface area contributed by atoms with Gasteiger partial charge in [0.15, 0.2) is 5.89 Å². The summed E-state index contributed by atoms with van der Waals surface area (Å²) >= 11 is 0. The molecule has 0 saturated carbocycles. The molecule has 0 aromatic carbocycles. The van der Waals surface area contributed by atoms with Crippen LogP contribution < -0.4 is 5.32 Å². The number of nitrogens with one attached hydrogen (secondary N) is 1. The third-order valence-corrected chi connectivity index (χ3v) is 6.26. The standard InChI is InChI=1S/C17H22N4O4S/c1-12-16(25-13(2)20-12)17(22)19-9-14-5-4-8-21(11-14)26(23,24)15-6-3-7-18-10-15/h3,6-7,10,14H,4-5,8-9,11H2,1-2H3,(H,19,22). The molecular formula is C17H22N4O4S. The van der Waals surface area contributed by atoms with Crippen molar-refractivity contribution in [2.24, 2.45) is 5.92 Å². The van der Waals surface area contributed by atoms with Crippen LogP contribution in [0.4, 0.5) is 0 Å². The van der Waals surface area contributed by atoms with Crippen LogP contribution >= 0.6 is 0 Å². The number of aryl methyl sites for hydroxylation is 2. The average molecular weight is 378 g/mol. The van der Waals surface area contributed by atoms with Crippen molar-refractivity contribution >= 4 is 15.9 Å². The number of hydrogen-bond donors (Lipinski definition) is 1. The van der Waals surface area contributed by atoms with Crippen molar-refractivity contribution in [3.8, 4) is 0 Å². The Kier molecular flexibility index (Phi) is 5.38. The maximum Gasteiger partial charge on any atom is 0.289 e. The van der Waals surface area contributed by atoms with E-state index in [0.29, 0.717) is 31.2 Å². The van der Waals surface area contributed by atoms with Crippen LogP contribution in [0.2, 0.25) is 0 Å². The molecule has 2 aromatic rings. The molecular weight excluding hydrogens is 356 g/mol. The molecule has 8 nitrogen and oxygen atoms in total. The van der Waals surface area contributed by atoms with Crippen LogP contribution in [0.1, 0.15) is 35.0 Å². The lowest BCUT2D eigenvalue weighted by Gasteiger charge is -2.31. The molecule has 0 bridgehead atoms. The van der Waals surface area contributed by atoms with Crippen molar-refractivity contribution in [2.75, 3.05) is 19.6 Å². The molecule has 140 valence electrons. The van der Waals surface area contributed by atoms with Gasteiger partial charge in [-0.25, -0.2) is 13.4 Å².